The van der Waals surface area contributed by atoms with E-state index in [2.05, 4.69) is 11.4 Å². The summed E-state index contributed by atoms with van der Waals surface area (Å²) in [5, 5.41) is 11.4. The predicted molar refractivity (Wildman–Crippen MR) is 95.4 cm³/mol. The van der Waals surface area contributed by atoms with E-state index in [0.717, 1.165) is 5.56 Å². The van der Waals surface area contributed by atoms with Gasteiger partial charge in [0.1, 0.15) is 0 Å². The maximum Gasteiger partial charge on any atom is 0.261 e. The van der Waals surface area contributed by atoms with Crippen molar-refractivity contribution < 1.29 is 14.4 Å². The molecule has 1 aliphatic rings. The van der Waals surface area contributed by atoms with Crippen LogP contribution in [-0.4, -0.2) is 29.2 Å². The number of carbonyl (C=O) groups excluding carboxylic acids is 3. The number of nitriles is 1. The standard InChI is InChI=1S/C20H17N3O3/c21-12-11-14-7-9-15(10-8-14)22-18(24)6-3-13-23-19(25)16-4-1-2-5-17(16)20(23)26/h1-2,4-5,7-10H,3,6,11,13H2,(H,22,24). The zero-order valence-corrected chi connectivity index (χ0v) is 14.1. The minimum Gasteiger partial charge on any atom is -0.326 e. The Morgan fingerprint density at radius 2 is 1.62 bits per heavy atom. The number of fused-ring (bicyclic) bond motifs is 1. The molecular formula is C20H17N3O3. The Hall–Kier alpha value is -3.46. The fraction of sp³-hybridized carbons (Fsp3) is 0.200. The van der Waals surface area contributed by atoms with Gasteiger partial charge in [0.2, 0.25) is 5.91 Å². The van der Waals surface area contributed by atoms with Crippen LogP contribution in [0, 0.1) is 11.3 Å². The van der Waals surface area contributed by atoms with Crippen LogP contribution in [0.1, 0.15) is 39.1 Å². The van der Waals surface area contributed by atoms with Gasteiger partial charge in [-0.2, -0.15) is 5.26 Å². The Morgan fingerprint density at radius 3 is 2.19 bits per heavy atom. The van der Waals surface area contributed by atoms with Crippen molar-refractivity contribution in [1.82, 2.24) is 4.90 Å². The summed E-state index contributed by atoms with van der Waals surface area (Å²) in [7, 11) is 0. The summed E-state index contributed by atoms with van der Waals surface area (Å²) in [6, 6.07) is 15.9. The van der Waals surface area contributed by atoms with E-state index < -0.39 is 0 Å². The number of benzene rings is 2. The number of carbonyl (C=O) groups is 3. The van der Waals surface area contributed by atoms with E-state index in [1.807, 2.05) is 0 Å². The highest BCUT2D eigenvalue weighted by atomic mass is 16.2. The quantitative estimate of drug-likeness (QED) is 0.814. The van der Waals surface area contributed by atoms with Gasteiger partial charge < -0.3 is 5.32 Å². The SMILES string of the molecule is N#CCc1ccc(NC(=O)CCCN2C(=O)c3ccccc3C2=O)cc1. The summed E-state index contributed by atoms with van der Waals surface area (Å²) in [5.41, 5.74) is 2.37. The van der Waals surface area contributed by atoms with Crippen molar-refractivity contribution in [2.45, 2.75) is 19.3 Å². The molecule has 0 saturated heterocycles. The Morgan fingerprint density at radius 1 is 1.00 bits per heavy atom. The lowest BCUT2D eigenvalue weighted by Gasteiger charge is -2.13. The van der Waals surface area contributed by atoms with Crippen LogP contribution in [-0.2, 0) is 11.2 Å². The molecule has 3 amide bonds. The van der Waals surface area contributed by atoms with Crippen molar-refractivity contribution in [2.75, 3.05) is 11.9 Å². The first-order valence-corrected chi connectivity index (χ1v) is 8.31. The van der Waals surface area contributed by atoms with Crippen LogP contribution in [0.25, 0.3) is 0 Å². The summed E-state index contributed by atoms with van der Waals surface area (Å²) in [6.45, 7) is 0.209. The zero-order chi connectivity index (χ0) is 18.5. The predicted octanol–water partition coefficient (Wildman–Crippen LogP) is 2.77. The van der Waals surface area contributed by atoms with E-state index in [0.29, 0.717) is 29.7 Å². The number of rotatable bonds is 6. The molecule has 0 bridgehead atoms. The van der Waals surface area contributed by atoms with Gasteiger partial charge in [-0.25, -0.2) is 0 Å². The highest BCUT2D eigenvalue weighted by Gasteiger charge is 2.34. The molecule has 0 atom stereocenters. The fourth-order valence-electron chi connectivity index (χ4n) is 2.86. The van der Waals surface area contributed by atoms with Gasteiger partial charge in [-0.05, 0) is 36.2 Å². The molecule has 26 heavy (non-hydrogen) atoms. The summed E-state index contributed by atoms with van der Waals surface area (Å²) in [5.74, 6) is -0.798. The molecule has 0 spiro atoms. The van der Waals surface area contributed by atoms with Crippen molar-refractivity contribution >= 4 is 23.4 Å². The topological polar surface area (TPSA) is 90.3 Å². The first-order chi connectivity index (χ1) is 12.6. The fourth-order valence-corrected chi connectivity index (χ4v) is 2.86. The van der Waals surface area contributed by atoms with Crippen LogP contribution in [0.3, 0.4) is 0 Å². The van der Waals surface area contributed by atoms with E-state index >= 15 is 0 Å². The van der Waals surface area contributed by atoms with E-state index in [9.17, 15) is 14.4 Å². The molecule has 130 valence electrons. The molecule has 3 rings (SSSR count). The van der Waals surface area contributed by atoms with Gasteiger partial charge in [-0.1, -0.05) is 24.3 Å². The molecule has 2 aromatic carbocycles. The summed E-state index contributed by atoms with van der Waals surface area (Å²) >= 11 is 0. The normalized spacial score (nSPS) is 12.7. The summed E-state index contributed by atoms with van der Waals surface area (Å²) in [6.07, 6.45) is 0.922. The van der Waals surface area contributed by atoms with Crippen molar-refractivity contribution in [3.8, 4) is 6.07 Å². The molecule has 0 radical (unpaired) electrons. The molecule has 6 heteroatoms. The van der Waals surface area contributed by atoms with E-state index in [1.165, 1.54) is 4.90 Å². The average Bonchev–Trinajstić information content (AvgIpc) is 2.89. The van der Waals surface area contributed by atoms with Gasteiger partial charge in [-0.15, -0.1) is 0 Å². The minimum absolute atomic E-state index is 0.186. The van der Waals surface area contributed by atoms with Gasteiger partial charge in [0.05, 0.1) is 23.6 Å². The molecule has 0 aliphatic carbocycles. The molecule has 0 aromatic heterocycles. The Bertz CT molecular complexity index is 862. The molecular weight excluding hydrogens is 330 g/mol. The monoisotopic (exact) mass is 347 g/mol. The van der Waals surface area contributed by atoms with Gasteiger partial charge >= 0.3 is 0 Å². The number of hydrogen-bond acceptors (Lipinski definition) is 4. The molecule has 1 heterocycles. The molecule has 2 aromatic rings. The van der Waals surface area contributed by atoms with Crippen molar-refractivity contribution in [3.05, 3.63) is 65.2 Å². The largest absolute Gasteiger partial charge is 0.326 e. The first kappa shape index (κ1) is 17.4. The van der Waals surface area contributed by atoms with Crippen LogP contribution in [0.2, 0.25) is 0 Å². The van der Waals surface area contributed by atoms with Crippen LogP contribution < -0.4 is 5.32 Å². The average molecular weight is 347 g/mol. The highest BCUT2D eigenvalue weighted by Crippen LogP contribution is 2.22. The van der Waals surface area contributed by atoms with E-state index in [4.69, 9.17) is 5.26 Å². The lowest BCUT2D eigenvalue weighted by Crippen LogP contribution is -2.31. The smallest absolute Gasteiger partial charge is 0.261 e. The van der Waals surface area contributed by atoms with Gasteiger partial charge in [-0.3, -0.25) is 19.3 Å². The Balaban J connectivity index is 1.49. The first-order valence-electron chi connectivity index (χ1n) is 8.31. The second kappa shape index (κ2) is 7.62. The molecule has 1 N–H and O–H groups in total. The second-order valence-corrected chi connectivity index (χ2v) is 5.99. The maximum absolute atomic E-state index is 12.2. The zero-order valence-electron chi connectivity index (χ0n) is 14.1. The number of hydrogen-bond donors (Lipinski definition) is 1. The summed E-state index contributed by atoms with van der Waals surface area (Å²) < 4.78 is 0. The maximum atomic E-state index is 12.2. The Labute approximate surface area is 151 Å². The van der Waals surface area contributed by atoms with E-state index in [1.54, 1.807) is 48.5 Å². The second-order valence-electron chi connectivity index (χ2n) is 5.99. The van der Waals surface area contributed by atoms with Crippen molar-refractivity contribution in [3.63, 3.8) is 0 Å². The lowest BCUT2D eigenvalue weighted by molar-refractivity contribution is -0.116. The molecule has 0 saturated carbocycles. The molecule has 6 nitrogen and oxygen atoms in total. The van der Waals surface area contributed by atoms with E-state index in [-0.39, 0.29) is 30.7 Å². The van der Waals surface area contributed by atoms with Crippen molar-refractivity contribution in [1.29, 1.82) is 5.26 Å². The van der Waals surface area contributed by atoms with Crippen LogP contribution in [0.5, 0.6) is 0 Å². The number of amides is 3. The van der Waals surface area contributed by atoms with Crippen molar-refractivity contribution in [2.24, 2.45) is 0 Å². The Kier molecular flexibility index (Phi) is 5.09. The van der Waals surface area contributed by atoms with Crippen LogP contribution in [0.4, 0.5) is 5.69 Å². The number of nitrogens with one attached hydrogen (secondary N) is 1. The third-order valence-corrected chi connectivity index (χ3v) is 4.18. The number of imide groups is 1. The third-order valence-electron chi connectivity index (χ3n) is 4.18. The van der Waals surface area contributed by atoms with Gasteiger partial charge in [0.15, 0.2) is 0 Å². The minimum atomic E-state index is -0.306. The number of nitrogens with zero attached hydrogens (tertiary/aromatic N) is 2. The summed E-state index contributed by atoms with van der Waals surface area (Å²) in [4.78, 5) is 37.7. The molecule has 1 aliphatic heterocycles. The third kappa shape index (κ3) is 3.62. The van der Waals surface area contributed by atoms with Crippen LogP contribution >= 0.6 is 0 Å². The molecule has 0 fully saturated rings. The molecule has 0 unspecified atom stereocenters. The lowest BCUT2D eigenvalue weighted by atomic mass is 10.1. The van der Waals surface area contributed by atoms with Crippen LogP contribution in [0.15, 0.2) is 48.5 Å². The highest BCUT2D eigenvalue weighted by molar-refractivity contribution is 6.21. The van der Waals surface area contributed by atoms with Gasteiger partial charge in [0.25, 0.3) is 11.8 Å². The van der Waals surface area contributed by atoms with Gasteiger partial charge in [0, 0.05) is 18.7 Å². The number of anilines is 1.